The number of nitrogens with one attached hydrogen (secondary N) is 1. The molecule has 4 rings (SSSR count). The number of aliphatic hydroxyl groups is 1. The molecule has 0 fully saturated rings. The number of ether oxygens (including phenoxy) is 1. The molecule has 2 aromatic carbocycles. The van der Waals surface area contributed by atoms with Crippen molar-refractivity contribution in [3.8, 4) is 5.75 Å². The number of phenols is 1. The van der Waals surface area contributed by atoms with Crippen LogP contribution in [0.4, 0.5) is 5.69 Å². The highest BCUT2D eigenvalue weighted by Crippen LogP contribution is 2.46. The molecule has 1 atom stereocenters. The summed E-state index contributed by atoms with van der Waals surface area (Å²) in [6.45, 7) is 12.1. The van der Waals surface area contributed by atoms with Crippen LogP contribution in [0.3, 0.4) is 0 Å². The van der Waals surface area contributed by atoms with Crippen LogP contribution in [0.5, 0.6) is 5.75 Å². The van der Waals surface area contributed by atoms with Crippen LogP contribution in [0.2, 0.25) is 0 Å². The average Bonchev–Trinajstić information content (AvgIpc) is 2.91. The number of amides is 1. The van der Waals surface area contributed by atoms with Gasteiger partial charge >= 0.3 is 5.97 Å². The van der Waals surface area contributed by atoms with Crippen LogP contribution in [-0.4, -0.2) is 32.7 Å². The number of aromatic hydroxyl groups is 1. The Kier molecular flexibility index (Phi) is 8.83. The lowest BCUT2D eigenvalue weighted by molar-refractivity contribution is -0.164. The number of cyclic esters (lactones) is 1. The van der Waals surface area contributed by atoms with E-state index in [0.717, 1.165) is 21.6 Å². The molecule has 8 heteroatoms. The number of nitrogens with zero attached hydrogens (tertiary/aromatic N) is 1. The van der Waals surface area contributed by atoms with Crippen LogP contribution >= 0.6 is 11.8 Å². The Morgan fingerprint density at radius 3 is 2.34 bits per heavy atom. The molecule has 3 aromatic rings. The molecule has 1 unspecified atom stereocenters. The van der Waals surface area contributed by atoms with Crippen LogP contribution in [0.1, 0.15) is 74.5 Å². The van der Waals surface area contributed by atoms with Gasteiger partial charge in [-0.15, -0.1) is 0 Å². The SMILES string of the molecule is Cc1cc(SC2=C(O)CC(CCc3ccc(O)cc3)(C(C)C)OC2=O)c(C(C)(C)C)cc1NC(=O)c1ccncc1. The van der Waals surface area contributed by atoms with Crippen molar-refractivity contribution in [2.24, 2.45) is 5.92 Å². The highest BCUT2D eigenvalue weighted by Gasteiger charge is 2.44. The molecule has 0 aliphatic carbocycles. The van der Waals surface area contributed by atoms with Gasteiger partial charge in [-0.05, 0) is 84.2 Å². The standard InChI is InChI=1S/C33H38N2O5S/c1-20(2)33(14-11-22-7-9-24(36)10-8-22)19-27(37)29(31(39)40-33)41-28-17-21(3)26(18-25(28)32(4,5)6)35-30(38)23-12-15-34-16-13-23/h7-10,12-13,15-18,20,36-37H,11,14,19H2,1-6H3,(H,35,38). The maximum absolute atomic E-state index is 13.4. The molecule has 0 bridgehead atoms. The summed E-state index contributed by atoms with van der Waals surface area (Å²) in [6, 6.07) is 14.2. The number of aromatic nitrogens is 1. The number of pyridine rings is 1. The number of anilines is 1. The number of carbonyl (C=O) groups excluding carboxylic acids is 2. The summed E-state index contributed by atoms with van der Waals surface area (Å²) in [5, 5.41) is 23.8. The van der Waals surface area contributed by atoms with E-state index in [4.69, 9.17) is 4.74 Å². The van der Waals surface area contributed by atoms with Crippen molar-refractivity contribution < 1.29 is 24.5 Å². The first-order valence-electron chi connectivity index (χ1n) is 13.8. The molecule has 0 spiro atoms. The molecule has 41 heavy (non-hydrogen) atoms. The summed E-state index contributed by atoms with van der Waals surface area (Å²) in [7, 11) is 0. The number of benzene rings is 2. The Hall–Kier alpha value is -3.78. The molecule has 0 saturated heterocycles. The van der Waals surface area contributed by atoms with Crippen molar-refractivity contribution in [3.63, 3.8) is 0 Å². The average molecular weight is 575 g/mol. The molecule has 0 radical (unpaired) electrons. The maximum Gasteiger partial charge on any atom is 0.349 e. The quantitative estimate of drug-likeness (QED) is 0.239. The predicted molar refractivity (Wildman–Crippen MR) is 162 cm³/mol. The Balaban J connectivity index is 1.61. The van der Waals surface area contributed by atoms with E-state index in [1.807, 2.05) is 45.0 Å². The lowest BCUT2D eigenvalue weighted by Gasteiger charge is -2.40. The second kappa shape index (κ2) is 12.0. The zero-order valence-electron chi connectivity index (χ0n) is 24.4. The Morgan fingerprint density at radius 2 is 1.76 bits per heavy atom. The number of hydrogen-bond acceptors (Lipinski definition) is 7. The number of esters is 1. The predicted octanol–water partition coefficient (Wildman–Crippen LogP) is 7.48. The number of aryl methyl sites for hydroxylation is 2. The fourth-order valence-corrected chi connectivity index (χ4v) is 6.16. The number of rotatable bonds is 8. The van der Waals surface area contributed by atoms with Gasteiger partial charge in [0.2, 0.25) is 0 Å². The van der Waals surface area contributed by atoms with E-state index >= 15 is 0 Å². The Morgan fingerprint density at radius 1 is 1.10 bits per heavy atom. The van der Waals surface area contributed by atoms with Gasteiger partial charge in [-0.3, -0.25) is 9.78 Å². The van der Waals surface area contributed by atoms with Crippen LogP contribution in [0, 0.1) is 12.8 Å². The molecule has 7 nitrogen and oxygen atoms in total. The largest absolute Gasteiger partial charge is 0.511 e. The summed E-state index contributed by atoms with van der Waals surface area (Å²) >= 11 is 1.21. The lowest BCUT2D eigenvalue weighted by Crippen LogP contribution is -2.44. The van der Waals surface area contributed by atoms with E-state index < -0.39 is 11.6 Å². The van der Waals surface area contributed by atoms with Gasteiger partial charge in [0.1, 0.15) is 22.0 Å². The van der Waals surface area contributed by atoms with Crippen molar-refractivity contribution in [2.75, 3.05) is 5.32 Å². The normalized spacial score (nSPS) is 17.5. The van der Waals surface area contributed by atoms with Crippen LogP contribution < -0.4 is 5.32 Å². The van der Waals surface area contributed by atoms with Gasteiger partial charge in [-0.25, -0.2) is 4.79 Å². The van der Waals surface area contributed by atoms with Gasteiger partial charge < -0.3 is 20.3 Å². The monoisotopic (exact) mass is 574 g/mol. The Bertz CT molecular complexity index is 1460. The van der Waals surface area contributed by atoms with Gasteiger partial charge in [0.05, 0.1) is 0 Å². The molecule has 1 aliphatic rings. The number of thioether (sulfide) groups is 1. The summed E-state index contributed by atoms with van der Waals surface area (Å²) in [5.74, 6) is -0.561. The van der Waals surface area contributed by atoms with Crippen molar-refractivity contribution in [2.45, 2.75) is 76.7 Å². The molecule has 1 aliphatic heterocycles. The number of carbonyl (C=O) groups is 2. The van der Waals surface area contributed by atoms with Gasteiger partial charge in [0.25, 0.3) is 5.91 Å². The van der Waals surface area contributed by atoms with E-state index in [1.165, 1.54) is 11.8 Å². The Labute approximate surface area is 246 Å². The van der Waals surface area contributed by atoms with Crippen LogP contribution in [0.25, 0.3) is 0 Å². The zero-order chi connectivity index (χ0) is 29.9. The van der Waals surface area contributed by atoms with Crippen molar-refractivity contribution in [3.05, 3.63) is 93.8 Å². The first kappa shape index (κ1) is 30.2. The third kappa shape index (κ3) is 6.93. The van der Waals surface area contributed by atoms with E-state index in [1.54, 1.807) is 36.7 Å². The molecule has 3 N–H and O–H groups in total. The topological polar surface area (TPSA) is 109 Å². The number of phenolic OH excluding ortho intramolecular Hbond substituents is 1. The molecule has 1 aromatic heterocycles. The van der Waals surface area contributed by atoms with Gasteiger partial charge in [-0.1, -0.05) is 58.5 Å². The van der Waals surface area contributed by atoms with Gasteiger partial charge in [0.15, 0.2) is 0 Å². The van der Waals surface area contributed by atoms with E-state index in [0.29, 0.717) is 24.1 Å². The second-order valence-corrected chi connectivity index (χ2v) is 13.0. The van der Waals surface area contributed by atoms with E-state index in [9.17, 15) is 19.8 Å². The minimum Gasteiger partial charge on any atom is -0.511 e. The molecule has 1 amide bonds. The third-order valence-electron chi connectivity index (χ3n) is 7.57. The van der Waals surface area contributed by atoms with Crippen molar-refractivity contribution in [1.82, 2.24) is 4.98 Å². The number of hydrogen-bond donors (Lipinski definition) is 3. The minimum absolute atomic E-state index is 0.0204. The molecular formula is C33H38N2O5S. The molecule has 0 saturated carbocycles. The van der Waals surface area contributed by atoms with Crippen molar-refractivity contribution in [1.29, 1.82) is 0 Å². The second-order valence-electron chi connectivity index (χ2n) is 11.9. The number of aliphatic hydroxyl groups excluding tert-OH is 1. The van der Waals surface area contributed by atoms with Crippen molar-refractivity contribution >= 4 is 29.3 Å². The molecule has 2 heterocycles. The zero-order valence-corrected chi connectivity index (χ0v) is 25.3. The highest BCUT2D eigenvalue weighted by molar-refractivity contribution is 8.04. The fraction of sp³-hybridized carbons (Fsp3) is 0.364. The lowest BCUT2D eigenvalue weighted by atomic mass is 9.80. The third-order valence-corrected chi connectivity index (χ3v) is 8.74. The summed E-state index contributed by atoms with van der Waals surface area (Å²) < 4.78 is 6.13. The minimum atomic E-state index is -0.840. The van der Waals surface area contributed by atoms with Crippen LogP contribution in [-0.2, 0) is 21.4 Å². The molecule has 216 valence electrons. The van der Waals surface area contributed by atoms with Gasteiger partial charge in [-0.2, -0.15) is 0 Å². The van der Waals surface area contributed by atoms with E-state index in [2.05, 4.69) is 31.1 Å². The first-order valence-corrected chi connectivity index (χ1v) is 14.6. The first-order chi connectivity index (χ1) is 19.3. The summed E-state index contributed by atoms with van der Waals surface area (Å²) in [5.41, 5.74) is 2.81. The van der Waals surface area contributed by atoms with Crippen LogP contribution in [0.15, 0.2) is 76.5 Å². The smallest absolute Gasteiger partial charge is 0.349 e. The molecular weight excluding hydrogens is 536 g/mol. The summed E-state index contributed by atoms with van der Waals surface area (Å²) in [6.07, 6.45) is 4.56. The van der Waals surface area contributed by atoms with Gasteiger partial charge in [0, 0.05) is 35.0 Å². The highest BCUT2D eigenvalue weighted by atomic mass is 32.2. The fourth-order valence-electron chi connectivity index (χ4n) is 4.91. The van der Waals surface area contributed by atoms with E-state index in [-0.39, 0.29) is 40.1 Å². The maximum atomic E-state index is 13.4. The summed E-state index contributed by atoms with van der Waals surface area (Å²) in [4.78, 5) is 31.2.